The van der Waals surface area contributed by atoms with Gasteiger partial charge in [-0.1, -0.05) is 6.92 Å². The predicted molar refractivity (Wildman–Crippen MR) is 135 cm³/mol. The average Bonchev–Trinajstić information content (AvgIpc) is 3.11. The third-order valence-electron chi connectivity index (χ3n) is 5.21. The van der Waals surface area contributed by atoms with E-state index in [9.17, 15) is 0 Å². The van der Waals surface area contributed by atoms with Crippen LogP contribution in [0.25, 0.3) is 0 Å². The van der Waals surface area contributed by atoms with Gasteiger partial charge in [-0.05, 0) is 49.9 Å². The van der Waals surface area contributed by atoms with Crippen LogP contribution in [0.3, 0.4) is 0 Å². The fraction of sp³-hybridized carbons (Fsp3) is 0.545. The summed E-state index contributed by atoms with van der Waals surface area (Å²) in [5, 5.41) is 4.63. The Balaban J connectivity index is 0.00000320. The van der Waals surface area contributed by atoms with Gasteiger partial charge in [-0.15, -0.1) is 35.3 Å². The highest BCUT2D eigenvalue weighted by molar-refractivity contribution is 14.0. The Hall–Kier alpha value is -1.55. The van der Waals surface area contributed by atoms with Crippen molar-refractivity contribution >= 4 is 41.3 Å². The maximum absolute atomic E-state index is 5.49. The average molecular weight is 545 g/mol. The zero-order valence-corrected chi connectivity index (χ0v) is 21.7. The van der Waals surface area contributed by atoms with Crippen molar-refractivity contribution in [2.24, 2.45) is 4.99 Å². The van der Waals surface area contributed by atoms with Gasteiger partial charge in [0.25, 0.3) is 0 Å². The third kappa shape index (κ3) is 5.78. The molecule has 2 aromatic rings. The quantitative estimate of drug-likeness (QED) is 0.322. The van der Waals surface area contributed by atoms with Gasteiger partial charge < -0.3 is 19.7 Å². The lowest BCUT2D eigenvalue weighted by atomic mass is 9.99. The topological polar surface area (TPSA) is 59.0 Å². The number of aromatic nitrogens is 1. The molecule has 0 saturated carbocycles. The number of aryl methyl sites for hydroxylation is 2. The monoisotopic (exact) mass is 544 g/mol. The highest BCUT2D eigenvalue weighted by Crippen LogP contribution is 2.33. The molecule has 8 heteroatoms. The number of fused-ring (bicyclic) bond motifs is 1. The lowest BCUT2D eigenvalue weighted by Crippen LogP contribution is -2.44. The molecular weight excluding hydrogens is 511 g/mol. The number of methoxy groups -OCH3 is 2. The summed E-state index contributed by atoms with van der Waals surface area (Å²) in [6.45, 7) is 9.77. The molecule has 2 heterocycles. The van der Waals surface area contributed by atoms with Gasteiger partial charge in [0.05, 0.1) is 24.9 Å². The van der Waals surface area contributed by atoms with Crippen molar-refractivity contribution < 1.29 is 9.47 Å². The third-order valence-corrected chi connectivity index (χ3v) is 6.28. The van der Waals surface area contributed by atoms with Crippen LogP contribution in [-0.2, 0) is 25.8 Å². The van der Waals surface area contributed by atoms with Crippen LogP contribution in [0.15, 0.2) is 17.1 Å². The minimum absolute atomic E-state index is 0. The molecule has 0 aliphatic carbocycles. The number of nitrogens with one attached hydrogen (secondary N) is 1. The Morgan fingerprint density at radius 1 is 1.20 bits per heavy atom. The van der Waals surface area contributed by atoms with Crippen molar-refractivity contribution in [1.29, 1.82) is 0 Å². The Morgan fingerprint density at radius 2 is 1.90 bits per heavy atom. The van der Waals surface area contributed by atoms with E-state index in [0.29, 0.717) is 0 Å². The molecule has 6 nitrogen and oxygen atoms in total. The van der Waals surface area contributed by atoms with E-state index in [1.54, 1.807) is 25.6 Å². The number of thiazole rings is 1. The lowest BCUT2D eigenvalue weighted by Gasteiger charge is -2.32. The van der Waals surface area contributed by atoms with Gasteiger partial charge in [-0.25, -0.2) is 4.98 Å². The van der Waals surface area contributed by atoms with Crippen molar-refractivity contribution in [3.05, 3.63) is 38.8 Å². The molecule has 0 atom stereocenters. The first-order valence-electron chi connectivity index (χ1n) is 10.3. The molecule has 0 unspecified atom stereocenters. The van der Waals surface area contributed by atoms with Crippen LogP contribution in [0.2, 0.25) is 0 Å². The number of benzene rings is 1. The predicted octanol–water partition coefficient (Wildman–Crippen LogP) is 4.22. The summed E-state index contributed by atoms with van der Waals surface area (Å²) in [5.74, 6) is 2.54. The van der Waals surface area contributed by atoms with E-state index < -0.39 is 0 Å². The second-order valence-electron chi connectivity index (χ2n) is 7.10. The van der Waals surface area contributed by atoms with Crippen molar-refractivity contribution in [1.82, 2.24) is 15.2 Å². The van der Waals surface area contributed by atoms with Gasteiger partial charge >= 0.3 is 0 Å². The SMILES string of the molecule is CCNC(=NCCc1nc(CC)c(C)s1)N1CCc2cc(OC)c(OC)cc2C1.I. The summed E-state index contributed by atoms with van der Waals surface area (Å²) >= 11 is 1.80. The van der Waals surface area contributed by atoms with E-state index in [-0.39, 0.29) is 24.0 Å². The van der Waals surface area contributed by atoms with E-state index in [2.05, 4.69) is 43.1 Å². The Kier molecular flexibility index (Phi) is 9.67. The molecule has 0 bridgehead atoms. The van der Waals surface area contributed by atoms with Crippen LogP contribution in [0, 0.1) is 6.92 Å². The van der Waals surface area contributed by atoms with Gasteiger partial charge in [0.15, 0.2) is 17.5 Å². The summed E-state index contributed by atoms with van der Waals surface area (Å²) in [7, 11) is 3.36. The fourth-order valence-electron chi connectivity index (χ4n) is 3.67. The van der Waals surface area contributed by atoms with E-state index in [4.69, 9.17) is 19.5 Å². The first-order chi connectivity index (χ1) is 14.1. The maximum Gasteiger partial charge on any atom is 0.194 e. The molecule has 0 amide bonds. The lowest BCUT2D eigenvalue weighted by molar-refractivity contribution is 0.346. The molecule has 1 aliphatic rings. The highest BCUT2D eigenvalue weighted by Gasteiger charge is 2.21. The zero-order valence-electron chi connectivity index (χ0n) is 18.6. The number of ether oxygens (including phenoxy) is 2. The molecule has 0 spiro atoms. The normalized spacial score (nSPS) is 13.5. The van der Waals surface area contributed by atoms with Gasteiger partial charge in [0.2, 0.25) is 0 Å². The second kappa shape index (κ2) is 11.7. The Morgan fingerprint density at radius 3 is 2.50 bits per heavy atom. The van der Waals surface area contributed by atoms with Gasteiger partial charge in [0, 0.05) is 37.5 Å². The molecule has 166 valence electrons. The number of guanidine groups is 1. The number of nitrogens with zero attached hydrogens (tertiary/aromatic N) is 3. The molecule has 1 N–H and O–H groups in total. The van der Waals surface area contributed by atoms with Gasteiger partial charge in [0.1, 0.15) is 0 Å². The standard InChI is InChI=1S/C22H32N4O2S.HI/c1-6-18-15(3)29-21(25-18)8-10-24-22(23-7-2)26-11-9-16-12-19(27-4)20(28-5)13-17(16)14-26;/h12-13H,6-11,14H2,1-5H3,(H,23,24);1H. The number of halogens is 1. The van der Waals surface area contributed by atoms with E-state index in [0.717, 1.165) is 62.9 Å². The van der Waals surface area contributed by atoms with E-state index in [1.807, 2.05) is 0 Å². The molecule has 0 radical (unpaired) electrons. The van der Waals surface area contributed by atoms with Crippen molar-refractivity contribution in [3.8, 4) is 11.5 Å². The summed E-state index contributed by atoms with van der Waals surface area (Å²) in [6, 6.07) is 4.19. The van der Waals surface area contributed by atoms with Gasteiger partial charge in [-0.3, -0.25) is 4.99 Å². The largest absolute Gasteiger partial charge is 0.493 e. The van der Waals surface area contributed by atoms with Crippen LogP contribution >= 0.6 is 35.3 Å². The molecule has 0 saturated heterocycles. The van der Waals surface area contributed by atoms with Crippen LogP contribution in [0.4, 0.5) is 0 Å². The molecule has 0 fully saturated rings. The van der Waals surface area contributed by atoms with E-state index >= 15 is 0 Å². The number of aliphatic imine (C=N–C) groups is 1. The van der Waals surface area contributed by atoms with Crippen LogP contribution in [-0.4, -0.2) is 49.7 Å². The number of rotatable bonds is 7. The van der Waals surface area contributed by atoms with Crippen LogP contribution in [0.5, 0.6) is 11.5 Å². The maximum atomic E-state index is 5.49. The molecule has 1 aliphatic heterocycles. The minimum atomic E-state index is 0. The summed E-state index contributed by atoms with van der Waals surface area (Å²) in [6.07, 6.45) is 2.84. The first-order valence-corrected chi connectivity index (χ1v) is 11.1. The summed E-state index contributed by atoms with van der Waals surface area (Å²) < 4.78 is 10.9. The molecular formula is C22H33IN4O2S. The van der Waals surface area contributed by atoms with E-state index in [1.165, 1.54) is 26.7 Å². The number of hydrogen-bond acceptors (Lipinski definition) is 5. The molecule has 1 aromatic carbocycles. The molecule has 30 heavy (non-hydrogen) atoms. The van der Waals surface area contributed by atoms with Crippen molar-refractivity contribution in [2.75, 3.05) is 33.9 Å². The van der Waals surface area contributed by atoms with Crippen molar-refractivity contribution in [3.63, 3.8) is 0 Å². The second-order valence-corrected chi connectivity index (χ2v) is 8.38. The van der Waals surface area contributed by atoms with Crippen molar-refractivity contribution in [2.45, 2.75) is 46.6 Å². The summed E-state index contributed by atoms with van der Waals surface area (Å²) in [4.78, 5) is 13.3. The fourth-order valence-corrected chi connectivity index (χ4v) is 4.68. The zero-order chi connectivity index (χ0) is 20.8. The van der Waals surface area contributed by atoms with Crippen LogP contribution in [0.1, 0.15) is 40.6 Å². The smallest absolute Gasteiger partial charge is 0.194 e. The molecule has 1 aromatic heterocycles. The van der Waals surface area contributed by atoms with Gasteiger partial charge in [-0.2, -0.15) is 0 Å². The Labute approximate surface area is 201 Å². The van der Waals surface area contributed by atoms with Crippen LogP contribution < -0.4 is 14.8 Å². The number of hydrogen-bond donors (Lipinski definition) is 1. The molecule has 3 rings (SSSR count). The highest BCUT2D eigenvalue weighted by atomic mass is 127. The minimum Gasteiger partial charge on any atom is -0.493 e. The first kappa shape index (κ1) is 24.7. The summed E-state index contributed by atoms with van der Waals surface area (Å²) in [5.41, 5.74) is 3.81. The Bertz CT molecular complexity index is 869.